The number of piperidine rings is 1. The van der Waals surface area contributed by atoms with Gasteiger partial charge < -0.3 is 26.6 Å². The third kappa shape index (κ3) is 8.97. The third-order valence-electron chi connectivity index (χ3n) is 6.83. The lowest BCUT2D eigenvalue weighted by Gasteiger charge is -2.24. The molecule has 4 rings (SSSR count). The number of nitrogens with one attached hydrogen (secondary N) is 5. The molecule has 3 heterocycles. The van der Waals surface area contributed by atoms with Gasteiger partial charge in [0.1, 0.15) is 5.82 Å². The molecule has 1 aliphatic heterocycles. The smallest absolute Gasteiger partial charge is 0.224 e. The van der Waals surface area contributed by atoms with Crippen LogP contribution in [0, 0.1) is 6.92 Å². The molecule has 2 aromatic rings. The van der Waals surface area contributed by atoms with E-state index in [9.17, 15) is 0 Å². The van der Waals surface area contributed by atoms with Crippen LogP contribution >= 0.6 is 0 Å². The summed E-state index contributed by atoms with van der Waals surface area (Å²) in [6, 6.07) is 1.20. The Morgan fingerprint density at radius 3 is 2.69 bits per heavy atom. The van der Waals surface area contributed by atoms with Gasteiger partial charge in [-0.25, -0.2) is 4.98 Å². The molecule has 0 bridgehead atoms. The largest absolute Gasteiger partial charge is 0.367 e. The molecule has 0 unspecified atom stereocenters. The van der Waals surface area contributed by atoms with Crippen molar-refractivity contribution in [3.05, 3.63) is 17.6 Å². The molecular weight excluding hydrogens is 442 g/mol. The summed E-state index contributed by atoms with van der Waals surface area (Å²) in [5.41, 5.74) is 1.05. The quantitative estimate of drug-likeness (QED) is 0.253. The molecular formula is C24H43N11. The Morgan fingerprint density at radius 2 is 1.83 bits per heavy atom. The minimum Gasteiger partial charge on any atom is -0.367 e. The lowest BCUT2D eigenvalue weighted by Crippen LogP contribution is -2.35. The predicted molar refractivity (Wildman–Crippen MR) is 138 cm³/mol. The molecule has 11 nitrogen and oxygen atoms in total. The molecule has 0 aromatic carbocycles. The standard InChI is InChI=1S/C24H43N11/c1-19-17-28-24(31-23(19)30-21-9-14-26-15-10-21)29-18-22-32-34-35(33-22)16-6-12-25-11-5-13-27-20-7-3-2-4-8-20/h17,20-21,25-27H,2-16,18H2,1H3,(H2,28,29,30,31). The summed E-state index contributed by atoms with van der Waals surface area (Å²) < 4.78 is 0. The van der Waals surface area contributed by atoms with Gasteiger partial charge >= 0.3 is 0 Å². The molecule has 5 N–H and O–H groups in total. The Morgan fingerprint density at radius 1 is 1.00 bits per heavy atom. The van der Waals surface area contributed by atoms with E-state index in [4.69, 9.17) is 0 Å². The average molecular weight is 486 g/mol. The maximum Gasteiger partial charge on any atom is 0.224 e. The highest BCUT2D eigenvalue weighted by atomic mass is 15.6. The van der Waals surface area contributed by atoms with Crippen LogP contribution in [0.2, 0.25) is 0 Å². The summed E-state index contributed by atoms with van der Waals surface area (Å²) in [6.45, 7) is 8.44. The van der Waals surface area contributed by atoms with E-state index >= 15 is 0 Å². The van der Waals surface area contributed by atoms with Gasteiger partial charge in [0.05, 0.1) is 13.1 Å². The zero-order valence-corrected chi connectivity index (χ0v) is 21.2. The number of hydrogen-bond donors (Lipinski definition) is 5. The lowest BCUT2D eigenvalue weighted by molar-refractivity contribution is 0.370. The molecule has 1 aliphatic carbocycles. The van der Waals surface area contributed by atoms with Crippen molar-refractivity contribution in [1.82, 2.24) is 46.1 Å². The van der Waals surface area contributed by atoms with E-state index in [1.165, 1.54) is 38.5 Å². The SMILES string of the molecule is Cc1cnc(NCc2nnn(CCCNCCCNC3CCCCC3)n2)nc1NC1CCNCC1. The van der Waals surface area contributed by atoms with Crippen LogP contribution in [-0.2, 0) is 13.1 Å². The van der Waals surface area contributed by atoms with Gasteiger partial charge in [-0.1, -0.05) is 19.3 Å². The van der Waals surface area contributed by atoms with E-state index in [0.29, 0.717) is 24.4 Å². The van der Waals surface area contributed by atoms with E-state index in [2.05, 4.69) is 52.0 Å². The Bertz CT molecular complexity index is 859. The van der Waals surface area contributed by atoms with Crippen molar-refractivity contribution in [3.8, 4) is 0 Å². The molecule has 2 aromatic heterocycles. The van der Waals surface area contributed by atoms with Crippen molar-refractivity contribution < 1.29 is 0 Å². The van der Waals surface area contributed by atoms with Crippen LogP contribution in [0.3, 0.4) is 0 Å². The number of tetrazole rings is 1. The van der Waals surface area contributed by atoms with E-state index in [1.54, 1.807) is 4.80 Å². The second-order valence-electron chi connectivity index (χ2n) is 9.80. The number of nitrogens with zero attached hydrogens (tertiary/aromatic N) is 6. The maximum absolute atomic E-state index is 4.66. The summed E-state index contributed by atoms with van der Waals surface area (Å²) in [6.07, 6.45) is 13.1. The van der Waals surface area contributed by atoms with Gasteiger partial charge in [-0.3, -0.25) is 0 Å². The Balaban J connectivity index is 1.09. The van der Waals surface area contributed by atoms with Crippen LogP contribution in [0.15, 0.2) is 6.20 Å². The van der Waals surface area contributed by atoms with Gasteiger partial charge in [0, 0.05) is 23.8 Å². The van der Waals surface area contributed by atoms with Gasteiger partial charge in [0.15, 0.2) is 5.82 Å². The van der Waals surface area contributed by atoms with E-state index < -0.39 is 0 Å². The van der Waals surface area contributed by atoms with Gasteiger partial charge in [-0.2, -0.15) is 9.78 Å². The second kappa shape index (κ2) is 14.3. The van der Waals surface area contributed by atoms with Gasteiger partial charge in [0.2, 0.25) is 5.95 Å². The number of aryl methyl sites for hydroxylation is 2. The van der Waals surface area contributed by atoms with Crippen molar-refractivity contribution in [1.29, 1.82) is 0 Å². The lowest BCUT2D eigenvalue weighted by atomic mass is 9.95. The Hall–Kier alpha value is -2.37. The highest BCUT2D eigenvalue weighted by molar-refractivity contribution is 5.47. The minimum atomic E-state index is 0.447. The molecule has 0 atom stereocenters. The Kier molecular flexibility index (Phi) is 10.5. The molecule has 0 radical (unpaired) electrons. The molecule has 1 saturated carbocycles. The number of aromatic nitrogens is 6. The van der Waals surface area contributed by atoms with Crippen molar-refractivity contribution in [2.24, 2.45) is 0 Å². The fraction of sp³-hybridized carbons (Fsp3) is 0.792. The van der Waals surface area contributed by atoms with Crippen LogP contribution in [-0.4, -0.2) is 75.0 Å². The fourth-order valence-corrected chi connectivity index (χ4v) is 4.73. The van der Waals surface area contributed by atoms with Crippen LogP contribution < -0.4 is 26.6 Å². The molecule has 1 saturated heterocycles. The monoisotopic (exact) mass is 485 g/mol. The van der Waals surface area contributed by atoms with Crippen LogP contribution in [0.25, 0.3) is 0 Å². The summed E-state index contributed by atoms with van der Waals surface area (Å²) in [7, 11) is 0. The number of hydrogen-bond acceptors (Lipinski definition) is 10. The van der Waals surface area contributed by atoms with E-state index in [-0.39, 0.29) is 0 Å². The normalized spacial score (nSPS) is 17.5. The van der Waals surface area contributed by atoms with Crippen LogP contribution in [0.5, 0.6) is 0 Å². The first-order chi connectivity index (χ1) is 17.3. The summed E-state index contributed by atoms with van der Waals surface area (Å²) in [4.78, 5) is 10.7. The third-order valence-corrected chi connectivity index (χ3v) is 6.83. The first-order valence-corrected chi connectivity index (χ1v) is 13.5. The average Bonchev–Trinajstić information content (AvgIpc) is 3.35. The molecule has 2 aliphatic rings. The molecule has 35 heavy (non-hydrogen) atoms. The van der Waals surface area contributed by atoms with E-state index in [0.717, 1.165) is 76.0 Å². The van der Waals surface area contributed by atoms with Crippen molar-refractivity contribution in [3.63, 3.8) is 0 Å². The first kappa shape index (κ1) is 25.7. The summed E-state index contributed by atoms with van der Waals surface area (Å²) in [5, 5.41) is 30.2. The van der Waals surface area contributed by atoms with Crippen molar-refractivity contribution in [2.75, 3.05) is 43.4 Å². The maximum atomic E-state index is 4.66. The van der Waals surface area contributed by atoms with E-state index in [1.807, 2.05) is 13.1 Å². The predicted octanol–water partition coefficient (Wildman–Crippen LogP) is 1.84. The van der Waals surface area contributed by atoms with Gasteiger partial charge in [-0.05, 0) is 83.4 Å². The number of rotatable bonds is 14. The van der Waals surface area contributed by atoms with Crippen molar-refractivity contribution >= 4 is 11.8 Å². The van der Waals surface area contributed by atoms with Gasteiger partial charge in [-0.15, -0.1) is 10.2 Å². The molecule has 0 spiro atoms. The molecule has 11 heteroatoms. The molecule has 2 fully saturated rings. The zero-order chi connectivity index (χ0) is 24.1. The number of anilines is 2. The Labute approximate surface area is 209 Å². The molecule has 0 amide bonds. The van der Waals surface area contributed by atoms with Crippen molar-refractivity contribution in [2.45, 2.75) is 89.9 Å². The second-order valence-corrected chi connectivity index (χ2v) is 9.80. The van der Waals surface area contributed by atoms with Crippen LogP contribution in [0.4, 0.5) is 11.8 Å². The minimum absolute atomic E-state index is 0.447. The highest BCUT2D eigenvalue weighted by Gasteiger charge is 2.15. The highest BCUT2D eigenvalue weighted by Crippen LogP contribution is 2.18. The fourth-order valence-electron chi connectivity index (χ4n) is 4.73. The zero-order valence-electron chi connectivity index (χ0n) is 21.2. The topological polar surface area (TPSA) is 130 Å². The first-order valence-electron chi connectivity index (χ1n) is 13.5. The van der Waals surface area contributed by atoms with Crippen LogP contribution in [0.1, 0.15) is 69.2 Å². The summed E-state index contributed by atoms with van der Waals surface area (Å²) >= 11 is 0. The van der Waals surface area contributed by atoms with Gasteiger partial charge in [0.25, 0.3) is 0 Å². The summed E-state index contributed by atoms with van der Waals surface area (Å²) in [5.74, 6) is 2.11. The molecule has 194 valence electrons.